The Kier molecular flexibility index (Phi) is 2.71. The first-order chi connectivity index (χ1) is 8.16. The van der Waals surface area contributed by atoms with Crippen molar-refractivity contribution in [2.24, 2.45) is 0 Å². The van der Waals surface area contributed by atoms with Crippen molar-refractivity contribution in [3.63, 3.8) is 0 Å². The van der Waals surface area contributed by atoms with Gasteiger partial charge in [-0.15, -0.1) is 0 Å². The third kappa shape index (κ3) is 1.79. The van der Waals surface area contributed by atoms with Gasteiger partial charge in [0.25, 0.3) is 0 Å². The maximum atomic E-state index is 4.72. The number of halogens is 1. The quantitative estimate of drug-likeness (QED) is 0.806. The highest BCUT2D eigenvalue weighted by Gasteiger charge is 2.26. The van der Waals surface area contributed by atoms with Crippen LogP contribution in [0, 0.1) is 6.92 Å². The Morgan fingerprint density at radius 1 is 1.41 bits per heavy atom. The maximum Gasteiger partial charge on any atom is 0.132 e. The summed E-state index contributed by atoms with van der Waals surface area (Å²) in [5, 5.41) is 0. The van der Waals surface area contributed by atoms with Gasteiger partial charge in [-0.25, -0.2) is 4.98 Å². The van der Waals surface area contributed by atoms with Crippen LogP contribution in [0.15, 0.2) is 22.8 Å². The Morgan fingerprint density at radius 2 is 2.24 bits per heavy atom. The van der Waals surface area contributed by atoms with E-state index in [4.69, 9.17) is 4.98 Å². The van der Waals surface area contributed by atoms with Crippen LogP contribution in [0.1, 0.15) is 23.9 Å². The van der Waals surface area contributed by atoms with Crippen LogP contribution in [0.3, 0.4) is 0 Å². The Morgan fingerprint density at radius 3 is 2.94 bits per heavy atom. The lowest BCUT2D eigenvalue weighted by Gasteiger charge is -2.11. The van der Waals surface area contributed by atoms with E-state index in [2.05, 4.69) is 57.4 Å². The first-order valence-electron chi connectivity index (χ1n) is 5.99. The largest absolute Gasteiger partial charge is 0.306 e. The molecular formula is C13H16BrN3. The predicted octanol–water partition coefficient (Wildman–Crippen LogP) is 2.82. The lowest BCUT2D eigenvalue weighted by atomic mass is 10.1. The lowest BCUT2D eigenvalue weighted by molar-refractivity contribution is 0.409. The molecule has 0 amide bonds. The van der Waals surface area contributed by atoms with Crippen LogP contribution in [0.25, 0.3) is 5.52 Å². The van der Waals surface area contributed by atoms with E-state index >= 15 is 0 Å². The first kappa shape index (κ1) is 11.2. The molecule has 1 fully saturated rings. The molecule has 1 aliphatic rings. The molecule has 0 aliphatic carbocycles. The number of rotatable bonds is 1. The minimum Gasteiger partial charge on any atom is -0.306 e. The van der Waals surface area contributed by atoms with Crippen molar-refractivity contribution in [3.8, 4) is 0 Å². The second-order valence-electron chi connectivity index (χ2n) is 4.90. The Balaban J connectivity index is 2.16. The average molecular weight is 294 g/mol. The van der Waals surface area contributed by atoms with Crippen molar-refractivity contribution in [1.82, 2.24) is 14.3 Å². The molecule has 4 heteroatoms. The molecule has 0 N–H and O–H groups in total. The number of aryl methyl sites for hydroxylation is 1. The Hall–Kier alpha value is -0.870. The molecule has 3 nitrogen and oxygen atoms in total. The predicted molar refractivity (Wildman–Crippen MR) is 72.5 cm³/mol. The summed E-state index contributed by atoms with van der Waals surface area (Å²) in [4.78, 5) is 7.09. The topological polar surface area (TPSA) is 20.5 Å². The molecule has 0 spiro atoms. The molecule has 3 rings (SSSR count). The highest BCUT2D eigenvalue weighted by atomic mass is 79.9. The summed E-state index contributed by atoms with van der Waals surface area (Å²) in [6, 6.07) is 6.34. The van der Waals surface area contributed by atoms with Crippen LogP contribution in [0.4, 0.5) is 0 Å². The van der Waals surface area contributed by atoms with Gasteiger partial charge in [-0.05, 0) is 55.0 Å². The molecule has 0 aromatic carbocycles. The molecule has 2 aromatic heterocycles. The number of pyridine rings is 1. The van der Waals surface area contributed by atoms with E-state index in [1.54, 1.807) is 0 Å². The SMILES string of the molecule is Cc1cccc2c(Br)nc(C3CCN(C)C3)n12. The molecule has 1 aliphatic heterocycles. The maximum absolute atomic E-state index is 4.72. The number of imidazole rings is 1. The Labute approximate surface area is 110 Å². The second kappa shape index (κ2) is 4.10. The van der Waals surface area contributed by atoms with Gasteiger partial charge in [-0.2, -0.15) is 0 Å². The van der Waals surface area contributed by atoms with Crippen molar-refractivity contribution in [1.29, 1.82) is 0 Å². The van der Waals surface area contributed by atoms with Gasteiger partial charge in [-0.3, -0.25) is 4.40 Å². The lowest BCUT2D eigenvalue weighted by Crippen LogP contribution is -2.14. The van der Waals surface area contributed by atoms with E-state index in [1.807, 2.05) is 0 Å². The van der Waals surface area contributed by atoms with Gasteiger partial charge in [0.15, 0.2) is 0 Å². The number of hydrogen-bond donors (Lipinski definition) is 0. The number of aromatic nitrogens is 2. The average Bonchev–Trinajstić information content (AvgIpc) is 2.85. The van der Waals surface area contributed by atoms with E-state index in [0.29, 0.717) is 5.92 Å². The molecule has 1 saturated heterocycles. The van der Waals surface area contributed by atoms with Crippen LogP contribution in [0.2, 0.25) is 0 Å². The van der Waals surface area contributed by atoms with E-state index in [0.717, 1.165) is 11.1 Å². The van der Waals surface area contributed by atoms with Gasteiger partial charge in [0, 0.05) is 18.2 Å². The summed E-state index contributed by atoms with van der Waals surface area (Å²) in [5.41, 5.74) is 2.43. The van der Waals surface area contributed by atoms with Crippen molar-refractivity contribution in [2.75, 3.05) is 20.1 Å². The molecule has 90 valence electrons. The highest BCUT2D eigenvalue weighted by molar-refractivity contribution is 9.10. The summed E-state index contributed by atoms with van der Waals surface area (Å²) >= 11 is 3.57. The van der Waals surface area contributed by atoms with Crippen LogP contribution in [0.5, 0.6) is 0 Å². The minimum atomic E-state index is 0.555. The summed E-state index contributed by atoms with van der Waals surface area (Å²) < 4.78 is 3.25. The second-order valence-corrected chi connectivity index (χ2v) is 5.65. The van der Waals surface area contributed by atoms with Gasteiger partial charge in [0.2, 0.25) is 0 Å². The van der Waals surface area contributed by atoms with Crippen LogP contribution >= 0.6 is 15.9 Å². The number of hydrogen-bond acceptors (Lipinski definition) is 2. The zero-order valence-corrected chi connectivity index (χ0v) is 11.7. The fourth-order valence-corrected chi connectivity index (χ4v) is 3.20. The number of likely N-dealkylation sites (tertiary alicyclic amines) is 1. The molecule has 0 bridgehead atoms. The third-order valence-electron chi connectivity index (χ3n) is 3.59. The van der Waals surface area contributed by atoms with Crippen molar-refractivity contribution in [3.05, 3.63) is 34.3 Å². The third-order valence-corrected chi connectivity index (χ3v) is 4.18. The van der Waals surface area contributed by atoms with Crippen LogP contribution < -0.4 is 0 Å². The van der Waals surface area contributed by atoms with E-state index in [1.165, 1.54) is 30.0 Å². The van der Waals surface area contributed by atoms with Crippen LogP contribution in [-0.4, -0.2) is 34.4 Å². The van der Waals surface area contributed by atoms with Gasteiger partial charge >= 0.3 is 0 Å². The fourth-order valence-electron chi connectivity index (χ4n) is 2.71. The molecule has 1 unspecified atom stereocenters. The van der Waals surface area contributed by atoms with E-state index in [9.17, 15) is 0 Å². The first-order valence-corrected chi connectivity index (χ1v) is 6.78. The molecular weight excluding hydrogens is 278 g/mol. The van der Waals surface area contributed by atoms with Gasteiger partial charge < -0.3 is 4.90 Å². The summed E-state index contributed by atoms with van der Waals surface area (Å²) in [6.07, 6.45) is 1.20. The summed E-state index contributed by atoms with van der Waals surface area (Å²) in [6.45, 7) is 4.42. The number of nitrogens with zero attached hydrogens (tertiary/aromatic N) is 3. The van der Waals surface area contributed by atoms with Gasteiger partial charge in [0.1, 0.15) is 10.4 Å². The monoisotopic (exact) mass is 293 g/mol. The normalized spacial score (nSPS) is 21.5. The van der Waals surface area contributed by atoms with Crippen molar-refractivity contribution >= 4 is 21.4 Å². The number of fused-ring (bicyclic) bond motifs is 1. The zero-order valence-electron chi connectivity index (χ0n) is 10.2. The molecule has 0 saturated carbocycles. The molecule has 1 atom stereocenters. The smallest absolute Gasteiger partial charge is 0.132 e. The van der Waals surface area contributed by atoms with Crippen molar-refractivity contribution < 1.29 is 0 Å². The van der Waals surface area contributed by atoms with E-state index in [-0.39, 0.29) is 0 Å². The minimum absolute atomic E-state index is 0.555. The van der Waals surface area contributed by atoms with E-state index < -0.39 is 0 Å². The van der Waals surface area contributed by atoms with Gasteiger partial charge in [0.05, 0.1) is 5.52 Å². The highest BCUT2D eigenvalue weighted by Crippen LogP contribution is 2.30. The van der Waals surface area contributed by atoms with Crippen LogP contribution in [-0.2, 0) is 0 Å². The number of likely N-dealkylation sites (N-methyl/N-ethyl adjacent to an activating group) is 1. The van der Waals surface area contributed by atoms with Gasteiger partial charge in [-0.1, -0.05) is 6.07 Å². The molecule has 3 heterocycles. The Bertz CT molecular complexity index is 561. The molecule has 17 heavy (non-hydrogen) atoms. The fraction of sp³-hybridized carbons (Fsp3) is 0.462. The zero-order chi connectivity index (χ0) is 12.0. The standard InChI is InChI=1S/C13H16BrN3/c1-9-4-3-5-11-12(14)15-13(17(9)11)10-6-7-16(2)8-10/h3-5,10H,6-8H2,1-2H3. The summed E-state index contributed by atoms with van der Waals surface area (Å²) in [7, 11) is 2.18. The van der Waals surface area contributed by atoms with Crippen molar-refractivity contribution in [2.45, 2.75) is 19.3 Å². The molecule has 2 aromatic rings. The molecule has 0 radical (unpaired) electrons. The summed E-state index contributed by atoms with van der Waals surface area (Å²) in [5.74, 6) is 1.76.